The first-order valence-electron chi connectivity index (χ1n) is 12.0. The number of rotatable bonds is 5. The van der Waals surface area contributed by atoms with Crippen LogP contribution in [0, 0.1) is 11.8 Å². The van der Waals surface area contributed by atoms with Gasteiger partial charge in [0.05, 0.1) is 23.3 Å². The predicted octanol–water partition coefficient (Wildman–Crippen LogP) is 7.18. The molecular formula is C30H26ClNO3. The largest absolute Gasteiger partial charge is 0.490 e. The first kappa shape index (κ1) is 23.1. The second-order valence-electron chi connectivity index (χ2n) is 8.58. The highest BCUT2D eigenvalue weighted by Gasteiger charge is 2.24. The number of fused-ring (bicyclic) bond motifs is 1. The Balaban J connectivity index is 1.55. The van der Waals surface area contributed by atoms with Crippen molar-refractivity contribution in [2.45, 2.75) is 38.7 Å². The van der Waals surface area contributed by atoms with Gasteiger partial charge in [-0.15, -0.1) is 0 Å². The highest BCUT2D eigenvalue weighted by Crippen LogP contribution is 2.35. The topological polar surface area (TPSA) is 40.5 Å². The second-order valence-corrected chi connectivity index (χ2v) is 8.96. The number of hydrogen-bond donors (Lipinski definition) is 0. The minimum absolute atomic E-state index is 0.263. The van der Waals surface area contributed by atoms with E-state index in [2.05, 4.69) is 11.8 Å². The van der Waals surface area contributed by atoms with E-state index >= 15 is 0 Å². The molecule has 1 aromatic heterocycles. The monoisotopic (exact) mass is 483 g/mol. The molecule has 176 valence electrons. The molecule has 1 saturated carbocycles. The van der Waals surface area contributed by atoms with Crippen LogP contribution in [0.1, 0.15) is 54.2 Å². The average molecular weight is 484 g/mol. The van der Waals surface area contributed by atoms with Crippen molar-refractivity contribution in [2.24, 2.45) is 0 Å². The van der Waals surface area contributed by atoms with Crippen LogP contribution in [0.2, 0.25) is 5.02 Å². The molecule has 5 rings (SSSR count). The lowest BCUT2D eigenvalue weighted by Crippen LogP contribution is -2.12. The number of esters is 1. The van der Waals surface area contributed by atoms with E-state index in [0.29, 0.717) is 10.7 Å². The molecule has 4 aromatic rings. The van der Waals surface area contributed by atoms with Crippen LogP contribution in [0.25, 0.3) is 16.6 Å². The molecule has 0 radical (unpaired) electrons. The van der Waals surface area contributed by atoms with Crippen LogP contribution in [0.15, 0.2) is 72.8 Å². The number of carbonyl (C=O) groups excluding carboxylic acids is 1. The molecule has 0 amide bonds. The smallest absolute Gasteiger partial charge is 0.356 e. The maximum Gasteiger partial charge on any atom is 0.356 e. The number of halogens is 1. The molecule has 4 nitrogen and oxygen atoms in total. The number of benzene rings is 3. The molecule has 0 aliphatic heterocycles. The molecule has 0 spiro atoms. The van der Waals surface area contributed by atoms with Crippen LogP contribution in [-0.2, 0) is 4.74 Å². The molecule has 0 unspecified atom stereocenters. The summed E-state index contributed by atoms with van der Waals surface area (Å²) in [7, 11) is 0. The van der Waals surface area contributed by atoms with Gasteiger partial charge in [-0.25, -0.2) is 4.79 Å². The highest BCUT2D eigenvalue weighted by atomic mass is 35.5. The third-order valence-corrected chi connectivity index (χ3v) is 6.58. The van der Waals surface area contributed by atoms with Crippen molar-refractivity contribution in [2.75, 3.05) is 6.61 Å². The molecule has 1 heterocycles. The molecule has 0 atom stereocenters. The van der Waals surface area contributed by atoms with Gasteiger partial charge in [0.25, 0.3) is 0 Å². The highest BCUT2D eigenvalue weighted by molar-refractivity contribution is 6.38. The van der Waals surface area contributed by atoms with E-state index in [-0.39, 0.29) is 12.7 Å². The standard InChI is InChI=1S/C30H26ClNO3/c1-2-34-30(33)29-28(31)26-20-22(13-12-21-8-4-3-5-9-21)14-19-27(26)32(29)23-15-17-25(18-16-23)35-24-10-6-7-11-24/h3-5,8-9,14-20,24H,2,6-7,10-11H2,1H3. The fourth-order valence-corrected chi connectivity index (χ4v) is 4.83. The van der Waals surface area contributed by atoms with Crippen molar-refractivity contribution in [1.29, 1.82) is 0 Å². The van der Waals surface area contributed by atoms with Crippen LogP contribution >= 0.6 is 11.6 Å². The number of ether oxygens (including phenoxy) is 2. The summed E-state index contributed by atoms with van der Waals surface area (Å²) in [5, 5.41) is 1.11. The SMILES string of the molecule is CCOC(=O)c1c(Cl)c2cc(C#Cc3ccccc3)ccc2n1-c1ccc(OC2CCCC2)cc1. The van der Waals surface area contributed by atoms with E-state index in [9.17, 15) is 4.79 Å². The van der Waals surface area contributed by atoms with Gasteiger partial charge in [-0.1, -0.05) is 41.6 Å². The Labute approximate surface area is 210 Å². The Morgan fingerprint density at radius 2 is 1.69 bits per heavy atom. The van der Waals surface area contributed by atoms with Gasteiger partial charge in [-0.3, -0.25) is 0 Å². The Bertz CT molecular complexity index is 1410. The normalized spacial score (nSPS) is 13.4. The zero-order valence-corrected chi connectivity index (χ0v) is 20.3. The van der Waals surface area contributed by atoms with Crippen molar-refractivity contribution in [3.05, 3.63) is 94.6 Å². The van der Waals surface area contributed by atoms with Gasteiger partial charge >= 0.3 is 5.97 Å². The molecule has 0 N–H and O–H groups in total. The molecule has 3 aromatic carbocycles. The van der Waals surface area contributed by atoms with Gasteiger partial charge in [0.1, 0.15) is 5.75 Å². The summed E-state index contributed by atoms with van der Waals surface area (Å²) >= 11 is 6.78. The van der Waals surface area contributed by atoms with E-state index in [1.807, 2.05) is 77.4 Å². The number of aromatic nitrogens is 1. The van der Waals surface area contributed by atoms with E-state index < -0.39 is 5.97 Å². The maximum atomic E-state index is 12.9. The van der Waals surface area contributed by atoms with Gasteiger partial charge < -0.3 is 14.0 Å². The fraction of sp³-hybridized carbons (Fsp3) is 0.233. The zero-order valence-electron chi connectivity index (χ0n) is 19.6. The summed E-state index contributed by atoms with van der Waals surface area (Å²) in [6.45, 7) is 2.05. The van der Waals surface area contributed by atoms with Crippen LogP contribution < -0.4 is 4.74 Å². The average Bonchev–Trinajstić information content (AvgIpc) is 3.50. The molecular weight excluding hydrogens is 458 g/mol. The summed E-state index contributed by atoms with van der Waals surface area (Å²) in [6, 6.07) is 23.4. The van der Waals surface area contributed by atoms with Crippen LogP contribution in [0.5, 0.6) is 5.75 Å². The quantitative estimate of drug-likeness (QED) is 0.223. The lowest BCUT2D eigenvalue weighted by Gasteiger charge is -2.15. The van der Waals surface area contributed by atoms with E-state index in [1.54, 1.807) is 6.92 Å². The zero-order chi connectivity index (χ0) is 24.2. The van der Waals surface area contributed by atoms with Crippen LogP contribution in [-0.4, -0.2) is 23.2 Å². The van der Waals surface area contributed by atoms with Gasteiger partial charge in [0.15, 0.2) is 5.69 Å². The third kappa shape index (κ3) is 4.92. The lowest BCUT2D eigenvalue weighted by atomic mass is 10.1. The maximum absolute atomic E-state index is 12.9. The van der Waals surface area contributed by atoms with Gasteiger partial charge in [0, 0.05) is 22.2 Å². The van der Waals surface area contributed by atoms with Crippen molar-refractivity contribution in [1.82, 2.24) is 4.57 Å². The summed E-state index contributed by atoms with van der Waals surface area (Å²) in [6.07, 6.45) is 4.92. The van der Waals surface area contributed by atoms with Gasteiger partial charge in [0.2, 0.25) is 0 Å². The van der Waals surface area contributed by atoms with E-state index in [4.69, 9.17) is 21.1 Å². The minimum atomic E-state index is -0.461. The second kappa shape index (κ2) is 10.3. The molecule has 1 fully saturated rings. The third-order valence-electron chi connectivity index (χ3n) is 6.20. The van der Waals surface area contributed by atoms with Crippen molar-refractivity contribution < 1.29 is 14.3 Å². The van der Waals surface area contributed by atoms with Crippen LogP contribution in [0.4, 0.5) is 0 Å². The predicted molar refractivity (Wildman–Crippen MR) is 140 cm³/mol. The van der Waals surface area contributed by atoms with E-state index in [1.165, 1.54) is 12.8 Å². The Morgan fingerprint density at radius 3 is 2.40 bits per heavy atom. The lowest BCUT2D eigenvalue weighted by molar-refractivity contribution is 0.0517. The number of carbonyl (C=O) groups is 1. The summed E-state index contributed by atoms with van der Waals surface area (Å²) in [5.41, 5.74) is 3.68. The summed E-state index contributed by atoms with van der Waals surface area (Å²) < 4.78 is 13.3. The van der Waals surface area contributed by atoms with E-state index in [0.717, 1.165) is 46.3 Å². The molecule has 1 aliphatic carbocycles. The van der Waals surface area contributed by atoms with Gasteiger partial charge in [-0.05, 0) is 87.2 Å². The molecule has 5 heteroatoms. The first-order chi connectivity index (χ1) is 17.1. The summed E-state index contributed by atoms with van der Waals surface area (Å²) in [5.74, 6) is 6.74. The number of nitrogens with zero attached hydrogens (tertiary/aromatic N) is 1. The first-order valence-corrected chi connectivity index (χ1v) is 12.4. The fourth-order valence-electron chi connectivity index (χ4n) is 4.52. The van der Waals surface area contributed by atoms with Crippen molar-refractivity contribution in [3.63, 3.8) is 0 Å². The number of hydrogen-bond acceptors (Lipinski definition) is 3. The minimum Gasteiger partial charge on any atom is -0.490 e. The van der Waals surface area contributed by atoms with Crippen LogP contribution in [0.3, 0.4) is 0 Å². The molecule has 0 bridgehead atoms. The Kier molecular flexibility index (Phi) is 6.79. The molecule has 35 heavy (non-hydrogen) atoms. The Hall–Kier alpha value is -3.68. The molecule has 0 saturated heterocycles. The summed E-state index contributed by atoms with van der Waals surface area (Å²) in [4.78, 5) is 12.9. The van der Waals surface area contributed by atoms with Crippen molar-refractivity contribution >= 4 is 28.5 Å². The van der Waals surface area contributed by atoms with Gasteiger partial charge in [-0.2, -0.15) is 0 Å². The Morgan fingerprint density at radius 1 is 0.971 bits per heavy atom. The van der Waals surface area contributed by atoms with Crippen molar-refractivity contribution in [3.8, 4) is 23.3 Å². The molecule has 1 aliphatic rings.